The summed E-state index contributed by atoms with van der Waals surface area (Å²) in [5.41, 5.74) is -0.0949. The lowest BCUT2D eigenvalue weighted by Gasteiger charge is -2.30. The van der Waals surface area contributed by atoms with Crippen molar-refractivity contribution in [2.24, 2.45) is 0 Å². The van der Waals surface area contributed by atoms with Crippen molar-refractivity contribution in [2.75, 3.05) is 13.2 Å². The number of hydrogen-bond donors (Lipinski definition) is 1. The zero-order chi connectivity index (χ0) is 16.0. The molecule has 0 spiro atoms. The number of aliphatic hydroxyl groups excluding tert-OH is 1. The summed E-state index contributed by atoms with van der Waals surface area (Å²) in [6.45, 7) is 3.89. The van der Waals surface area contributed by atoms with Gasteiger partial charge < -0.3 is 10.0 Å². The number of carbonyl (C=O) groups excluding carboxylic acids is 1. The lowest BCUT2D eigenvalue weighted by Crippen LogP contribution is -2.41. The quantitative estimate of drug-likeness (QED) is 0.619. The van der Waals surface area contributed by atoms with Crippen LogP contribution in [0.2, 0.25) is 5.02 Å². The molecule has 116 valence electrons. The van der Waals surface area contributed by atoms with Gasteiger partial charge in [-0.1, -0.05) is 25.4 Å². The highest BCUT2D eigenvalue weighted by Gasteiger charge is 2.25. The average Bonchev–Trinajstić information content (AvgIpc) is 2.47. The summed E-state index contributed by atoms with van der Waals surface area (Å²) in [6, 6.07) is 3.74. The van der Waals surface area contributed by atoms with Gasteiger partial charge in [0.2, 0.25) is 0 Å². The number of amides is 1. The van der Waals surface area contributed by atoms with Gasteiger partial charge in [-0.3, -0.25) is 14.9 Å². The summed E-state index contributed by atoms with van der Waals surface area (Å²) in [4.78, 5) is 24.4. The predicted molar refractivity (Wildman–Crippen MR) is 80.6 cm³/mol. The first-order valence-corrected chi connectivity index (χ1v) is 7.19. The van der Waals surface area contributed by atoms with Crippen molar-refractivity contribution < 1.29 is 14.8 Å². The van der Waals surface area contributed by atoms with Crippen molar-refractivity contribution in [2.45, 2.75) is 32.7 Å². The first-order valence-electron chi connectivity index (χ1n) is 6.81. The Morgan fingerprint density at radius 3 is 2.52 bits per heavy atom. The summed E-state index contributed by atoms with van der Waals surface area (Å²) in [6.07, 6.45) is 1.46. The zero-order valence-electron chi connectivity index (χ0n) is 12.1. The van der Waals surface area contributed by atoms with Crippen LogP contribution in [-0.4, -0.2) is 40.0 Å². The van der Waals surface area contributed by atoms with Crippen molar-refractivity contribution in [1.82, 2.24) is 4.90 Å². The normalized spacial score (nSPS) is 10.7. The van der Waals surface area contributed by atoms with Gasteiger partial charge in [-0.25, -0.2) is 0 Å². The van der Waals surface area contributed by atoms with Gasteiger partial charge in [-0.2, -0.15) is 0 Å². The minimum atomic E-state index is -0.569. The Bertz CT molecular complexity index is 518. The molecule has 21 heavy (non-hydrogen) atoms. The van der Waals surface area contributed by atoms with Crippen LogP contribution in [0, 0.1) is 10.1 Å². The van der Waals surface area contributed by atoms with Crippen LogP contribution in [0.1, 0.15) is 37.0 Å². The van der Waals surface area contributed by atoms with E-state index in [1.165, 1.54) is 23.1 Å². The summed E-state index contributed by atoms with van der Waals surface area (Å²) in [5.74, 6) is -0.397. The second-order valence-electron chi connectivity index (χ2n) is 4.61. The van der Waals surface area contributed by atoms with E-state index in [4.69, 9.17) is 16.7 Å². The minimum Gasteiger partial charge on any atom is -0.395 e. The van der Waals surface area contributed by atoms with E-state index in [9.17, 15) is 14.9 Å². The lowest BCUT2D eigenvalue weighted by atomic mass is 10.1. The lowest BCUT2D eigenvalue weighted by molar-refractivity contribution is -0.384. The second-order valence-corrected chi connectivity index (χ2v) is 5.02. The Morgan fingerprint density at radius 1 is 1.43 bits per heavy atom. The minimum absolute atomic E-state index is 0.0417. The molecule has 0 fully saturated rings. The van der Waals surface area contributed by atoms with Crippen molar-refractivity contribution >= 4 is 23.2 Å². The van der Waals surface area contributed by atoms with E-state index in [0.29, 0.717) is 0 Å². The van der Waals surface area contributed by atoms with Crippen LogP contribution in [0.15, 0.2) is 18.2 Å². The fourth-order valence-electron chi connectivity index (χ4n) is 2.23. The monoisotopic (exact) mass is 314 g/mol. The van der Waals surface area contributed by atoms with Crippen LogP contribution in [-0.2, 0) is 0 Å². The molecule has 0 saturated heterocycles. The maximum absolute atomic E-state index is 12.6. The Labute approximate surface area is 128 Å². The van der Waals surface area contributed by atoms with Crippen LogP contribution < -0.4 is 0 Å². The van der Waals surface area contributed by atoms with E-state index in [-0.39, 0.29) is 35.5 Å². The SMILES string of the molecule is CCC(CC)N(CCO)C(=O)c1cc([N+](=O)[O-])ccc1Cl. The summed E-state index contributed by atoms with van der Waals surface area (Å²) < 4.78 is 0. The van der Waals surface area contributed by atoms with Crippen molar-refractivity contribution in [3.63, 3.8) is 0 Å². The van der Waals surface area contributed by atoms with E-state index in [1.54, 1.807) is 0 Å². The number of aliphatic hydroxyl groups is 1. The Hall–Kier alpha value is -1.66. The highest BCUT2D eigenvalue weighted by atomic mass is 35.5. The number of nitrogens with zero attached hydrogens (tertiary/aromatic N) is 2. The third kappa shape index (κ3) is 4.15. The fraction of sp³-hybridized carbons (Fsp3) is 0.500. The molecule has 0 heterocycles. The smallest absolute Gasteiger partial charge is 0.270 e. The van der Waals surface area contributed by atoms with Gasteiger partial charge in [0.25, 0.3) is 11.6 Å². The van der Waals surface area contributed by atoms with Gasteiger partial charge in [-0.15, -0.1) is 0 Å². The molecular weight excluding hydrogens is 296 g/mol. The Morgan fingerprint density at radius 2 is 2.05 bits per heavy atom. The third-order valence-electron chi connectivity index (χ3n) is 3.38. The number of nitro benzene ring substituents is 1. The molecule has 1 N–H and O–H groups in total. The third-order valence-corrected chi connectivity index (χ3v) is 3.71. The van der Waals surface area contributed by atoms with Gasteiger partial charge in [0.05, 0.1) is 22.1 Å². The predicted octanol–water partition coefficient (Wildman–Crippen LogP) is 2.87. The number of hydrogen-bond acceptors (Lipinski definition) is 4. The Kier molecular flexibility index (Phi) is 6.58. The van der Waals surface area contributed by atoms with Crippen molar-refractivity contribution in [3.8, 4) is 0 Å². The molecule has 0 atom stereocenters. The molecule has 6 nitrogen and oxygen atoms in total. The van der Waals surface area contributed by atoms with Crippen LogP contribution >= 0.6 is 11.6 Å². The molecule has 1 aromatic carbocycles. The van der Waals surface area contributed by atoms with E-state index in [1.807, 2.05) is 13.8 Å². The van der Waals surface area contributed by atoms with E-state index in [0.717, 1.165) is 12.8 Å². The van der Waals surface area contributed by atoms with Crippen LogP contribution in [0.25, 0.3) is 0 Å². The van der Waals surface area contributed by atoms with E-state index in [2.05, 4.69) is 0 Å². The molecule has 0 aliphatic heterocycles. The first-order chi connectivity index (χ1) is 9.96. The number of benzene rings is 1. The highest BCUT2D eigenvalue weighted by Crippen LogP contribution is 2.25. The fourth-order valence-corrected chi connectivity index (χ4v) is 2.43. The number of non-ortho nitro benzene ring substituents is 1. The number of nitro groups is 1. The van der Waals surface area contributed by atoms with Crippen LogP contribution in [0.4, 0.5) is 5.69 Å². The van der Waals surface area contributed by atoms with Crippen LogP contribution in [0.5, 0.6) is 0 Å². The van der Waals surface area contributed by atoms with Crippen molar-refractivity contribution in [1.29, 1.82) is 0 Å². The molecule has 1 rings (SSSR count). The van der Waals surface area contributed by atoms with Gasteiger partial charge in [0, 0.05) is 24.7 Å². The average molecular weight is 315 g/mol. The molecule has 0 aliphatic rings. The molecule has 1 amide bonds. The molecule has 0 saturated carbocycles. The molecule has 0 aromatic heterocycles. The highest BCUT2D eigenvalue weighted by molar-refractivity contribution is 6.33. The maximum atomic E-state index is 12.6. The van der Waals surface area contributed by atoms with Gasteiger partial charge in [0.15, 0.2) is 0 Å². The summed E-state index contributed by atoms with van der Waals surface area (Å²) >= 11 is 6.00. The molecular formula is C14H19ClN2O4. The Balaban J connectivity index is 3.19. The molecule has 0 unspecified atom stereocenters. The molecule has 0 bridgehead atoms. The molecule has 7 heteroatoms. The molecule has 0 radical (unpaired) electrons. The van der Waals surface area contributed by atoms with Crippen LogP contribution in [0.3, 0.4) is 0 Å². The summed E-state index contributed by atoms with van der Waals surface area (Å²) in [5, 5.41) is 20.1. The van der Waals surface area contributed by atoms with Gasteiger partial charge >= 0.3 is 0 Å². The summed E-state index contributed by atoms with van der Waals surface area (Å²) in [7, 11) is 0. The number of rotatable bonds is 7. The second kappa shape index (κ2) is 7.95. The maximum Gasteiger partial charge on any atom is 0.270 e. The zero-order valence-corrected chi connectivity index (χ0v) is 12.8. The van der Waals surface area contributed by atoms with E-state index < -0.39 is 10.8 Å². The number of halogens is 1. The standard InChI is InChI=1S/C14H19ClN2O4/c1-3-10(4-2)16(7-8-18)14(19)12-9-11(17(20)21)5-6-13(12)15/h5-6,9-10,18H,3-4,7-8H2,1-2H3. The van der Waals surface area contributed by atoms with E-state index >= 15 is 0 Å². The number of carbonyl (C=O) groups is 1. The van der Waals surface area contributed by atoms with Gasteiger partial charge in [0.1, 0.15) is 0 Å². The van der Waals surface area contributed by atoms with Gasteiger partial charge in [-0.05, 0) is 18.9 Å². The molecule has 1 aromatic rings. The largest absolute Gasteiger partial charge is 0.395 e. The molecule has 0 aliphatic carbocycles. The van der Waals surface area contributed by atoms with Crippen molar-refractivity contribution in [3.05, 3.63) is 38.9 Å². The topological polar surface area (TPSA) is 83.7 Å². The first kappa shape index (κ1) is 17.4.